The SMILES string of the molecule is C#CCN(C(=O)CC1C(=O)NCCN1CCc1ccccc1)C1CCCCC1. The Hall–Kier alpha value is -2.32. The molecule has 1 saturated heterocycles. The van der Waals surface area contributed by atoms with E-state index in [-0.39, 0.29) is 24.3 Å². The van der Waals surface area contributed by atoms with Crippen LogP contribution >= 0.6 is 0 Å². The maximum Gasteiger partial charge on any atom is 0.237 e. The summed E-state index contributed by atoms with van der Waals surface area (Å²) in [4.78, 5) is 29.6. The van der Waals surface area contributed by atoms with Gasteiger partial charge in [-0.2, -0.15) is 0 Å². The van der Waals surface area contributed by atoms with E-state index >= 15 is 0 Å². The molecule has 1 unspecified atom stereocenters. The predicted molar refractivity (Wildman–Crippen MR) is 111 cm³/mol. The van der Waals surface area contributed by atoms with Crippen molar-refractivity contribution >= 4 is 11.8 Å². The largest absolute Gasteiger partial charge is 0.353 e. The van der Waals surface area contributed by atoms with E-state index in [1.54, 1.807) is 0 Å². The van der Waals surface area contributed by atoms with Gasteiger partial charge in [-0.15, -0.1) is 6.42 Å². The van der Waals surface area contributed by atoms with Crippen LogP contribution in [0.5, 0.6) is 0 Å². The Morgan fingerprint density at radius 2 is 1.96 bits per heavy atom. The zero-order chi connectivity index (χ0) is 19.8. The van der Waals surface area contributed by atoms with Crippen LogP contribution < -0.4 is 5.32 Å². The van der Waals surface area contributed by atoms with Crippen molar-refractivity contribution in [1.82, 2.24) is 15.1 Å². The van der Waals surface area contributed by atoms with E-state index in [1.807, 2.05) is 23.1 Å². The summed E-state index contributed by atoms with van der Waals surface area (Å²) in [5, 5.41) is 2.92. The summed E-state index contributed by atoms with van der Waals surface area (Å²) in [5.41, 5.74) is 1.25. The minimum Gasteiger partial charge on any atom is -0.353 e. The molecule has 1 atom stereocenters. The molecule has 0 bridgehead atoms. The van der Waals surface area contributed by atoms with Crippen LogP contribution in [0.2, 0.25) is 0 Å². The number of benzene rings is 1. The Balaban J connectivity index is 1.64. The molecule has 0 spiro atoms. The average Bonchev–Trinajstić information content (AvgIpc) is 2.73. The molecule has 3 rings (SSSR count). The van der Waals surface area contributed by atoms with Crippen LogP contribution in [0.25, 0.3) is 0 Å². The molecule has 1 heterocycles. The van der Waals surface area contributed by atoms with Crippen LogP contribution in [0.3, 0.4) is 0 Å². The number of terminal acetylenes is 1. The molecule has 1 aromatic carbocycles. The van der Waals surface area contributed by atoms with Gasteiger partial charge in [0.05, 0.1) is 19.0 Å². The molecular formula is C23H31N3O2. The third kappa shape index (κ3) is 5.36. The van der Waals surface area contributed by atoms with Crippen LogP contribution in [-0.4, -0.2) is 59.9 Å². The number of nitrogens with one attached hydrogen (secondary N) is 1. The lowest BCUT2D eigenvalue weighted by Gasteiger charge is -2.38. The van der Waals surface area contributed by atoms with E-state index in [1.165, 1.54) is 12.0 Å². The maximum atomic E-state index is 13.1. The fourth-order valence-electron chi connectivity index (χ4n) is 4.36. The van der Waals surface area contributed by atoms with Crippen LogP contribution in [0, 0.1) is 12.3 Å². The number of nitrogens with zero attached hydrogens (tertiary/aromatic N) is 2. The highest BCUT2D eigenvalue weighted by Gasteiger charge is 2.34. The Morgan fingerprint density at radius 3 is 2.68 bits per heavy atom. The molecule has 28 heavy (non-hydrogen) atoms. The van der Waals surface area contributed by atoms with E-state index in [0.29, 0.717) is 13.1 Å². The molecule has 0 radical (unpaired) electrons. The molecule has 2 aliphatic rings. The Bertz CT molecular complexity index is 692. The van der Waals surface area contributed by atoms with Crippen LogP contribution in [0.1, 0.15) is 44.1 Å². The van der Waals surface area contributed by atoms with Gasteiger partial charge in [0.25, 0.3) is 0 Å². The van der Waals surface area contributed by atoms with Crippen molar-refractivity contribution < 1.29 is 9.59 Å². The Kier molecular flexibility index (Phi) is 7.50. The van der Waals surface area contributed by atoms with Gasteiger partial charge < -0.3 is 10.2 Å². The fourth-order valence-corrected chi connectivity index (χ4v) is 4.36. The number of carbonyl (C=O) groups excluding carboxylic acids is 2. The number of amides is 2. The smallest absolute Gasteiger partial charge is 0.237 e. The standard InChI is InChI=1S/C23H31N3O2/c1-2-15-26(20-11-7-4-8-12-20)22(27)18-21-23(28)24-14-17-25(21)16-13-19-9-5-3-6-10-19/h1,3,5-6,9-10,20-21H,4,7-8,11-18H2,(H,24,28). The zero-order valence-electron chi connectivity index (χ0n) is 16.6. The molecule has 1 aliphatic heterocycles. The third-order valence-electron chi connectivity index (χ3n) is 5.94. The van der Waals surface area contributed by atoms with Gasteiger partial charge in [-0.1, -0.05) is 55.5 Å². The highest BCUT2D eigenvalue weighted by Crippen LogP contribution is 2.24. The summed E-state index contributed by atoms with van der Waals surface area (Å²) in [6, 6.07) is 10.1. The first-order valence-corrected chi connectivity index (χ1v) is 10.5. The first-order chi connectivity index (χ1) is 13.7. The van der Waals surface area contributed by atoms with Crippen molar-refractivity contribution in [3.05, 3.63) is 35.9 Å². The minimum absolute atomic E-state index is 0.0108. The van der Waals surface area contributed by atoms with Gasteiger partial charge in [-0.25, -0.2) is 0 Å². The van der Waals surface area contributed by atoms with Gasteiger partial charge in [0.1, 0.15) is 0 Å². The average molecular weight is 382 g/mol. The third-order valence-corrected chi connectivity index (χ3v) is 5.94. The summed E-state index contributed by atoms with van der Waals surface area (Å²) in [6.07, 6.45) is 12.2. The number of hydrogen-bond acceptors (Lipinski definition) is 3. The second-order valence-corrected chi connectivity index (χ2v) is 7.80. The number of rotatable bonds is 7. The molecular weight excluding hydrogens is 350 g/mol. The summed E-state index contributed by atoms with van der Waals surface area (Å²) in [5.74, 6) is 2.61. The van der Waals surface area contributed by atoms with Crippen molar-refractivity contribution in [2.75, 3.05) is 26.2 Å². The van der Waals surface area contributed by atoms with Crippen molar-refractivity contribution in [3.8, 4) is 12.3 Å². The molecule has 1 N–H and O–H groups in total. The summed E-state index contributed by atoms with van der Waals surface area (Å²) in [7, 11) is 0. The van der Waals surface area contributed by atoms with Crippen molar-refractivity contribution in [2.24, 2.45) is 0 Å². The highest BCUT2D eigenvalue weighted by molar-refractivity contribution is 5.89. The zero-order valence-corrected chi connectivity index (χ0v) is 16.6. The van der Waals surface area contributed by atoms with Crippen LogP contribution in [-0.2, 0) is 16.0 Å². The van der Waals surface area contributed by atoms with Crippen molar-refractivity contribution in [3.63, 3.8) is 0 Å². The summed E-state index contributed by atoms with van der Waals surface area (Å²) < 4.78 is 0. The van der Waals surface area contributed by atoms with Crippen LogP contribution in [0.4, 0.5) is 0 Å². The number of hydrogen-bond donors (Lipinski definition) is 1. The summed E-state index contributed by atoms with van der Waals surface area (Å²) in [6.45, 7) is 2.51. The lowest BCUT2D eigenvalue weighted by molar-refractivity contribution is -0.140. The van der Waals surface area contributed by atoms with Crippen molar-refractivity contribution in [2.45, 2.75) is 57.0 Å². The molecule has 1 aliphatic carbocycles. The van der Waals surface area contributed by atoms with E-state index < -0.39 is 6.04 Å². The van der Waals surface area contributed by atoms with Gasteiger partial charge in [-0.05, 0) is 24.8 Å². The fraction of sp³-hybridized carbons (Fsp3) is 0.565. The number of carbonyl (C=O) groups is 2. The topological polar surface area (TPSA) is 52.7 Å². The first kappa shape index (κ1) is 20.4. The Labute approximate surface area is 168 Å². The van der Waals surface area contributed by atoms with E-state index in [2.05, 4.69) is 28.3 Å². The lowest BCUT2D eigenvalue weighted by Crippen LogP contribution is -2.57. The van der Waals surface area contributed by atoms with Gasteiger partial charge in [0.2, 0.25) is 11.8 Å². The molecule has 2 fully saturated rings. The molecule has 2 amide bonds. The molecule has 5 nitrogen and oxygen atoms in total. The first-order valence-electron chi connectivity index (χ1n) is 10.5. The minimum atomic E-state index is -0.408. The normalized spacial score (nSPS) is 21.0. The second kappa shape index (κ2) is 10.3. The quantitative estimate of drug-likeness (QED) is 0.737. The monoisotopic (exact) mass is 381 g/mol. The van der Waals surface area contributed by atoms with E-state index in [0.717, 1.165) is 45.2 Å². The Morgan fingerprint density at radius 1 is 1.21 bits per heavy atom. The molecule has 150 valence electrons. The van der Waals surface area contributed by atoms with Gasteiger partial charge in [-0.3, -0.25) is 14.5 Å². The molecule has 1 aromatic rings. The lowest BCUT2D eigenvalue weighted by atomic mass is 9.93. The molecule has 0 aromatic heterocycles. The predicted octanol–water partition coefficient (Wildman–Crippen LogP) is 2.21. The summed E-state index contributed by atoms with van der Waals surface area (Å²) >= 11 is 0. The second-order valence-electron chi connectivity index (χ2n) is 7.80. The van der Waals surface area contributed by atoms with Gasteiger partial charge in [0.15, 0.2) is 0 Å². The number of piperazine rings is 1. The van der Waals surface area contributed by atoms with Gasteiger partial charge in [0, 0.05) is 25.7 Å². The molecule has 1 saturated carbocycles. The van der Waals surface area contributed by atoms with E-state index in [9.17, 15) is 9.59 Å². The van der Waals surface area contributed by atoms with Crippen LogP contribution in [0.15, 0.2) is 30.3 Å². The van der Waals surface area contributed by atoms with E-state index in [4.69, 9.17) is 6.42 Å². The van der Waals surface area contributed by atoms with Gasteiger partial charge >= 0.3 is 0 Å². The molecule has 5 heteroatoms. The maximum absolute atomic E-state index is 13.1. The van der Waals surface area contributed by atoms with Crippen molar-refractivity contribution in [1.29, 1.82) is 0 Å². The highest BCUT2D eigenvalue weighted by atomic mass is 16.2.